The highest BCUT2D eigenvalue weighted by molar-refractivity contribution is 5.25. The zero-order valence-corrected chi connectivity index (χ0v) is 10.2. The van der Waals surface area contributed by atoms with Gasteiger partial charge in [0, 0.05) is 18.5 Å². The van der Waals surface area contributed by atoms with E-state index >= 15 is 0 Å². The standard InChI is InChI=1S/C13H22N2/c1-13(10-14-2,11-15(3)4)12-8-6-5-7-9-12/h5-9,14H,10-11H2,1-4H3. The molecule has 0 radical (unpaired) electrons. The van der Waals surface area contributed by atoms with Gasteiger partial charge >= 0.3 is 0 Å². The van der Waals surface area contributed by atoms with Crippen LogP contribution in [0.5, 0.6) is 0 Å². The molecule has 84 valence electrons. The van der Waals surface area contributed by atoms with Crippen molar-refractivity contribution in [1.82, 2.24) is 10.2 Å². The van der Waals surface area contributed by atoms with Gasteiger partial charge in [-0.3, -0.25) is 0 Å². The van der Waals surface area contributed by atoms with E-state index in [2.05, 4.69) is 61.6 Å². The van der Waals surface area contributed by atoms with Gasteiger partial charge in [-0.2, -0.15) is 0 Å². The third-order valence-corrected chi connectivity index (χ3v) is 2.70. The maximum atomic E-state index is 3.29. The number of likely N-dealkylation sites (N-methyl/N-ethyl adjacent to an activating group) is 2. The van der Waals surface area contributed by atoms with E-state index in [0.29, 0.717) is 0 Å². The molecule has 0 aliphatic rings. The average molecular weight is 206 g/mol. The summed E-state index contributed by atoms with van der Waals surface area (Å²) in [6.45, 7) is 4.35. The van der Waals surface area contributed by atoms with Crippen molar-refractivity contribution in [3.05, 3.63) is 35.9 Å². The van der Waals surface area contributed by atoms with E-state index in [0.717, 1.165) is 13.1 Å². The van der Waals surface area contributed by atoms with Gasteiger partial charge in [0.2, 0.25) is 0 Å². The molecule has 0 aromatic heterocycles. The Bertz CT molecular complexity index is 282. The first-order valence-corrected chi connectivity index (χ1v) is 5.43. The fourth-order valence-corrected chi connectivity index (χ4v) is 2.18. The lowest BCUT2D eigenvalue weighted by molar-refractivity contribution is 0.292. The van der Waals surface area contributed by atoms with E-state index < -0.39 is 0 Å². The lowest BCUT2D eigenvalue weighted by atomic mass is 9.82. The van der Waals surface area contributed by atoms with Crippen molar-refractivity contribution in [1.29, 1.82) is 0 Å². The summed E-state index contributed by atoms with van der Waals surface area (Å²) in [4.78, 5) is 2.24. The minimum absolute atomic E-state index is 0.180. The van der Waals surface area contributed by atoms with Crippen LogP contribution >= 0.6 is 0 Å². The Balaban J connectivity index is 2.90. The maximum Gasteiger partial charge on any atom is 0.0176 e. The molecule has 0 heterocycles. The molecule has 2 heteroatoms. The van der Waals surface area contributed by atoms with Gasteiger partial charge in [-0.15, -0.1) is 0 Å². The second kappa shape index (κ2) is 5.29. The molecule has 0 fully saturated rings. The lowest BCUT2D eigenvalue weighted by Crippen LogP contribution is -2.42. The van der Waals surface area contributed by atoms with Crippen LogP contribution in [0.2, 0.25) is 0 Å². The number of benzene rings is 1. The number of nitrogens with zero attached hydrogens (tertiary/aromatic N) is 1. The smallest absolute Gasteiger partial charge is 0.0176 e. The first-order chi connectivity index (χ1) is 7.08. The predicted octanol–water partition coefficient (Wildman–Crippen LogP) is 1.73. The minimum Gasteiger partial charge on any atom is -0.319 e. The van der Waals surface area contributed by atoms with Crippen LogP contribution in [0.25, 0.3) is 0 Å². The minimum atomic E-state index is 0.180. The molecule has 1 N–H and O–H groups in total. The zero-order chi connectivity index (χ0) is 11.3. The lowest BCUT2D eigenvalue weighted by Gasteiger charge is -2.33. The van der Waals surface area contributed by atoms with Gasteiger partial charge in [-0.25, -0.2) is 0 Å². The molecule has 0 aliphatic carbocycles. The molecule has 0 amide bonds. The topological polar surface area (TPSA) is 15.3 Å². The third kappa shape index (κ3) is 3.33. The summed E-state index contributed by atoms with van der Waals surface area (Å²) in [5.74, 6) is 0. The van der Waals surface area contributed by atoms with E-state index in [1.807, 2.05) is 7.05 Å². The summed E-state index contributed by atoms with van der Waals surface area (Å²) in [5.41, 5.74) is 1.58. The number of rotatable bonds is 5. The fraction of sp³-hybridized carbons (Fsp3) is 0.538. The predicted molar refractivity (Wildman–Crippen MR) is 66.3 cm³/mol. The van der Waals surface area contributed by atoms with Gasteiger partial charge in [0.25, 0.3) is 0 Å². The van der Waals surface area contributed by atoms with Crippen molar-refractivity contribution in [2.75, 3.05) is 34.2 Å². The molecular formula is C13H22N2. The van der Waals surface area contributed by atoms with Gasteiger partial charge < -0.3 is 10.2 Å². The van der Waals surface area contributed by atoms with Gasteiger partial charge in [0.05, 0.1) is 0 Å². The van der Waals surface area contributed by atoms with Crippen LogP contribution in [0, 0.1) is 0 Å². The Labute approximate surface area is 93.3 Å². The largest absolute Gasteiger partial charge is 0.319 e. The third-order valence-electron chi connectivity index (χ3n) is 2.70. The van der Waals surface area contributed by atoms with E-state index in [4.69, 9.17) is 0 Å². The molecular weight excluding hydrogens is 184 g/mol. The highest BCUT2D eigenvalue weighted by Gasteiger charge is 2.26. The molecule has 0 bridgehead atoms. The summed E-state index contributed by atoms with van der Waals surface area (Å²) in [6, 6.07) is 10.7. The van der Waals surface area contributed by atoms with E-state index in [9.17, 15) is 0 Å². The molecule has 0 saturated heterocycles. The fourth-order valence-electron chi connectivity index (χ4n) is 2.18. The molecule has 2 nitrogen and oxygen atoms in total. The Morgan fingerprint density at radius 3 is 2.27 bits per heavy atom. The van der Waals surface area contributed by atoms with Crippen LogP contribution < -0.4 is 5.32 Å². The molecule has 0 aliphatic heterocycles. The molecule has 1 unspecified atom stereocenters. The molecule has 0 saturated carbocycles. The van der Waals surface area contributed by atoms with Crippen molar-refractivity contribution >= 4 is 0 Å². The van der Waals surface area contributed by atoms with Crippen LogP contribution in [-0.2, 0) is 5.41 Å². The first kappa shape index (κ1) is 12.2. The first-order valence-electron chi connectivity index (χ1n) is 5.43. The molecule has 1 aromatic rings. The van der Waals surface area contributed by atoms with E-state index in [-0.39, 0.29) is 5.41 Å². The van der Waals surface area contributed by atoms with Crippen molar-refractivity contribution < 1.29 is 0 Å². The van der Waals surface area contributed by atoms with Crippen LogP contribution in [0.15, 0.2) is 30.3 Å². The summed E-state index contributed by atoms with van der Waals surface area (Å²) in [6.07, 6.45) is 0. The Kier molecular flexibility index (Phi) is 4.30. The zero-order valence-electron chi connectivity index (χ0n) is 10.2. The summed E-state index contributed by atoms with van der Waals surface area (Å²) >= 11 is 0. The molecule has 0 spiro atoms. The monoisotopic (exact) mass is 206 g/mol. The van der Waals surface area contributed by atoms with Crippen LogP contribution in [0.4, 0.5) is 0 Å². The molecule has 15 heavy (non-hydrogen) atoms. The summed E-state index contributed by atoms with van der Waals surface area (Å²) < 4.78 is 0. The van der Waals surface area contributed by atoms with Gasteiger partial charge in [0.15, 0.2) is 0 Å². The highest BCUT2D eigenvalue weighted by atomic mass is 15.1. The highest BCUT2D eigenvalue weighted by Crippen LogP contribution is 2.23. The maximum absolute atomic E-state index is 3.29. The van der Waals surface area contributed by atoms with E-state index in [1.165, 1.54) is 5.56 Å². The second-order valence-electron chi connectivity index (χ2n) is 4.69. The Hall–Kier alpha value is -0.860. The van der Waals surface area contributed by atoms with Gasteiger partial charge in [-0.1, -0.05) is 37.3 Å². The van der Waals surface area contributed by atoms with Crippen molar-refractivity contribution in [2.24, 2.45) is 0 Å². The number of nitrogens with one attached hydrogen (secondary N) is 1. The summed E-state index contributed by atoms with van der Waals surface area (Å²) in [5, 5.41) is 3.29. The van der Waals surface area contributed by atoms with Crippen LogP contribution in [0.1, 0.15) is 12.5 Å². The van der Waals surface area contributed by atoms with Crippen molar-refractivity contribution in [3.63, 3.8) is 0 Å². The average Bonchev–Trinajstić information content (AvgIpc) is 2.18. The van der Waals surface area contributed by atoms with E-state index in [1.54, 1.807) is 0 Å². The molecule has 1 atom stereocenters. The van der Waals surface area contributed by atoms with Crippen LogP contribution in [0.3, 0.4) is 0 Å². The number of hydrogen-bond donors (Lipinski definition) is 1. The van der Waals surface area contributed by atoms with Crippen LogP contribution in [-0.4, -0.2) is 39.1 Å². The van der Waals surface area contributed by atoms with Crippen molar-refractivity contribution in [2.45, 2.75) is 12.3 Å². The van der Waals surface area contributed by atoms with Crippen molar-refractivity contribution in [3.8, 4) is 0 Å². The molecule has 1 rings (SSSR count). The normalized spacial score (nSPS) is 15.3. The van der Waals surface area contributed by atoms with Gasteiger partial charge in [0.1, 0.15) is 0 Å². The second-order valence-corrected chi connectivity index (χ2v) is 4.69. The van der Waals surface area contributed by atoms with Gasteiger partial charge in [-0.05, 0) is 26.7 Å². The summed E-state index contributed by atoms with van der Waals surface area (Å²) in [7, 11) is 6.25. The quantitative estimate of drug-likeness (QED) is 0.789. The number of hydrogen-bond acceptors (Lipinski definition) is 2. The Morgan fingerprint density at radius 1 is 1.20 bits per heavy atom. The Morgan fingerprint density at radius 2 is 1.80 bits per heavy atom. The SMILES string of the molecule is CNCC(C)(CN(C)C)c1ccccc1. The molecule has 1 aromatic carbocycles.